The molecule has 0 bridgehead atoms. The van der Waals surface area contributed by atoms with Crippen LogP contribution in [0, 0.1) is 0 Å². The first-order valence-electron chi connectivity index (χ1n) is 8.96. The van der Waals surface area contributed by atoms with Crippen LogP contribution in [0.15, 0.2) is 39.6 Å². The molecule has 1 N–H and O–H groups in total. The molecule has 2 aromatic heterocycles. The second-order valence-corrected chi connectivity index (χ2v) is 7.10. The van der Waals surface area contributed by atoms with E-state index < -0.39 is 0 Å². The van der Waals surface area contributed by atoms with Crippen LogP contribution in [0.1, 0.15) is 54.9 Å². The molecule has 2 fully saturated rings. The van der Waals surface area contributed by atoms with Gasteiger partial charge in [-0.25, -0.2) is 0 Å². The van der Waals surface area contributed by atoms with Crippen LogP contribution in [-0.2, 0) is 6.54 Å². The zero-order valence-corrected chi connectivity index (χ0v) is 13.9. The van der Waals surface area contributed by atoms with Crippen molar-refractivity contribution in [3.05, 3.63) is 58.0 Å². The SMILES string of the molecule is O=c1[nH]c2ccccc2cc1CN1CCCC1c1noc(C2CC2)n1. The molecule has 1 saturated carbocycles. The Kier molecular flexibility index (Phi) is 3.45. The number of rotatable bonds is 4. The third-order valence-corrected chi connectivity index (χ3v) is 5.25. The van der Waals surface area contributed by atoms with Gasteiger partial charge in [0.25, 0.3) is 5.56 Å². The summed E-state index contributed by atoms with van der Waals surface area (Å²) in [5, 5.41) is 5.27. The molecule has 0 radical (unpaired) electrons. The molecule has 0 spiro atoms. The Morgan fingerprint density at radius 3 is 3.00 bits per heavy atom. The summed E-state index contributed by atoms with van der Waals surface area (Å²) in [6.07, 6.45) is 4.41. The van der Waals surface area contributed by atoms with Gasteiger partial charge in [0.2, 0.25) is 5.89 Å². The molecule has 25 heavy (non-hydrogen) atoms. The van der Waals surface area contributed by atoms with Gasteiger partial charge in [-0.3, -0.25) is 9.69 Å². The van der Waals surface area contributed by atoms with Gasteiger partial charge < -0.3 is 9.51 Å². The van der Waals surface area contributed by atoms with Crippen molar-refractivity contribution in [3.63, 3.8) is 0 Å². The molecule has 3 heterocycles. The maximum Gasteiger partial charge on any atom is 0.252 e. The lowest BCUT2D eigenvalue weighted by Gasteiger charge is -2.21. The lowest BCUT2D eigenvalue weighted by atomic mass is 10.1. The molecule has 1 saturated heterocycles. The van der Waals surface area contributed by atoms with Crippen LogP contribution in [0.25, 0.3) is 10.9 Å². The quantitative estimate of drug-likeness (QED) is 0.792. The number of para-hydroxylation sites is 1. The molecule has 1 aliphatic heterocycles. The maximum absolute atomic E-state index is 12.4. The van der Waals surface area contributed by atoms with E-state index in [1.54, 1.807) is 0 Å². The number of likely N-dealkylation sites (tertiary alicyclic amines) is 1. The van der Waals surface area contributed by atoms with E-state index in [1.165, 1.54) is 0 Å². The minimum atomic E-state index is -0.0175. The van der Waals surface area contributed by atoms with Crippen LogP contribution in [0.2, 0.25) is 0 Å². The number of hydrogen-bond acceptors (Lipinski definition) is 5. The predicted molar refractivity (Wildman–Crippen MR) is 93.2 cm³/mol. The van der Waals surface area contributed by atoms with Crippen LogP contribution < -0.4 is 5.56 Å². The average molecular weight is 336 g/mol. The monoisotopic (exact) mass is 336 g/mol. The van der Waals surface area contributed by atoms with Gasteiger partial charge in [-0.05, 0) is 49.7 Å². The Labute approximate surface area is 144 Å². The first kappa shape index (κ1) is 14.8. The summed E-state index contributed by atoms with van der Waals surface area (Å²) < 4.78 is 5.43. The van der Waals surface area contributed by atoms with E-state index >= 15 is 0 Å². The zero-order chi connectivity index (χ0) is 16.8. The van der Waals surface area contributed by atoms with Crippen molar-refractivity contribution in [1.82, 2.24) is 20.0 Å². The normalized spacial score (nSPS) is 21.2. The molecule has 6 heteroatoms. The number of aromatic nitrogens is 3. The van der Waals surface area contributed by atoms with Gasteiger partial charge >= 0.3 is 0 Å². The molecule has 0 amide bonds. The van der Waals surface area contributed by atoms with Gasteiger partial charge in [0, 0.05) is 23.5 Å². The highest BCUT2D eigenvalue weighted by molar-refractivity contribution is 5.78. The molecule has 1 aromatic carbocycles. The zero-order valence-electron chi connectivity index (χ0n) is 13.9. The Hall–Kier alpha value is -2.47. The topological polar surface area (TPSA) is 75.0 Å². The average Bonchev–Trinajstić information content (AvgIpc) is 3.17. The summed E-state index contributed by atoms with van der Waals surface area (Å²) >= 11 is 0. The summed E-state index contributed by atoms with van der Waals surface area (Å²) in [7, 11) is 0. The van der Waals surface area contributed by atoms with E-state index in [4.69, 9.17) is 4.52 Å². The molecule has 1 unspecified atom stereocenters. The molecule has 128 valence electrons. The Morgan fingerprint density at radius 1 is 1.24 bits per heavy atom. The van der Waals surface area contributed by atoms with Crippen molar-refractivity contribution in [3.8, 4) is 0 Å². The molecule has 1 aliphatic carbocycles. The highest BCUT2D eigenvalue weighted by Gasteiger charge is 2.34. The maximum atomic E-state index is 12.4. The van der Waals surface area contributed by atoms with Gasteiger partial charge in [-0.2, -0.15) is 4.98 Å². The molecule has 5 rings (SSSR count). The second-order valence-electron chi connectivity index (χ2n) is 7.10. The fraction of sp³-hybridized carbons (Fsp3) is 0.421. The smallest absolute Gasteiger partial charge is 0.252 e. The minimum Gasteiger partial charge on any atom is -0.339 e. The van der Waals surface area contributed by atoms with Gasteiger partial charge in [0.05, 0.1) is 6.04 Å². The number of aromatic amines is 1. The van der Waals surface area contributed by atoms with Crippen molar-refractivity contribution in [2.75, 3.05) is 6.54 Å². The third kappa shape index (κ3) is 2.76. The molecule has 3 aromatic rings. The van der Waals surface area contributed by atoms with Crippen molar-refractivity contribution in [1.29, 1.82) is 0 Å². The van der Waals surface area contributed by atoms with E-state index in [2.05, 4.69) is 20.0 Å². The first-order chi connectivity index (χ1) is 12.3. The van der Waals surface area contributed by atoms with Crippen LogP contribution in [0.4, 0.5) is 0 Å². The van der Waals surface area contributed by atoms with Gasteiger partial charge in [-0.1, -0.05) is 23.4 Å². The van der Waals surface area contributed by atoms with Crippen molar-refractivity contribution >= 4 is 10.9 Å². The van der Waals surface area contributed by atoms with Crippen molar-refractivity contribution in [2.45, 2.75) is 44.2 Å². The number of nitrogens with one attached hydrogen (secondary N) is 1. The number of fused-ring (bicyclic) bond motifs is 1. The van der Waals surface area contributed by atoms with E-state index in [1.807, 2.05) is 30.3 Å². The summed E-state index contributed by atoms with van der Waals surface area (Å²) in [6.45, 7) is 1.56. The summed E-state index contributed by atoms with van der Waals surface area (Å²) in [4.78, 5) is 22.3. The number of H-pyrrole nitrogens is 1. The molecular weight excluding hydrogens is 316 g/mol. The number of hydrogen-bond donors (Lipinski definition) is 1. The van der Waals surface area contributed by atoms with Crippen LogP contribution in [0.3, 0.4) is 0 Å². The fourth-order valence-corrected chi connectivity index (χ4v) is 3.72. The van der Waals surface area contributed by atoms with E-state index in [0.717, 1.165) is 60.4 Å². The van der Waals surface area contributed by atoms with E-state index in [9.17, 15) is 4.79 Å². The Balaban J connectivity index is 1.42. The van der Waals surface area contributed by atoms with Crippen molar-refractivity contribution < 1.29 is 4.52 Å². The molecular formula is C19H20N4O2. The lowest BCUT2D eigenvalue weighted by Crippen LogP contribution is -2.27. The highest BCUT2D eigenvalue weighted by atomic mass is 16.5. The minimum absolute atomic E-state index is 0.0175. The third-order valence-electron chi connectivity index (χ3n) is 5.25. The van der Waals surface area contributed by atoms with Gasteiger partial charge in [-0.15, -0.1) is 0 Å². The van der Waals surface area contributed by atoms with Crippen LogP contribution in [0.5, 0.6) is 0 Å². The van der Waals surface area contributed by atoms with Crippen molar-refractivity contribution in [2.24, 2.45) is 0 Å². The Morgan fingerprint density at radius 2 is 2.12 bits per heavy atom. The summed E-state index contributed by atoms with van der Waals surface area (Å²) in [5.74, 6) is 2.03. The lowest BCUT2D eigenvalue weighted by molar-refractivity contribution is 0.233. The van der Waals surface area contributed by atoms with Gasteiger partial charge in [0.15, 0.2) is 5.82 Å². The fourth-order valence-electron chi connectivity index (χ4n) is 3.72. The van der Waals surface area contributed by atoms with E-state index in [-0.39, 0.29) is 11.6 Å². The molecule has 6 nitrogen and oxygen atoms in total. The van der Waals surface area contributed by atoms with E-state index in [0.29, 0.717) is 12.5 Å². The highest BCUT2D eigenvalue weighted by Crippen LogP contribution is 2.40. The largest absolute Gasteiger partial charge is 0.339 e. The van der Waals surface area contributed by atoms with Crippen LogP contribution in [-0.4, -0.2) is 26.6 Å². The number of nitrogens with zero attached hydrogens (tertiary/aromatic N) is 3. The first-order valence-corrected chi connectivity index (χ1v) is 8.96. The summed E-state index contributed by atoms with van der Waals surface area (Å²) in [6, 6.07) is 10.0. The predicted octanol–water partition coefficient (Wildman–Crippen LogP) is 3.13. The van der Waals surface area contributed by atoms with Gasteiger partial charge in [0.1, 0.15) is 0 Å². The number of benzene rings is 1. The second kappa shape index (κ2) is 5.81. The Bertz CT molecular complexity index is 973. The summed E-state index contributed by atoms with van der Waals surface area (Å²) in [5.41, 5.74) is 1.65. The standard InChI is InChI=1S/C19H20N4O2/c24-18-14(10-13-4-1-2-5-15(13)20-18)11-23-9-3-6-16(23)17-21-19(25-22-17)12-7-8-12/h1-2,4-5,10,12,16H,3,6-9,11H2,(H,20,24). The van der Waals surface area contributed by atoms with Crippen LogP contribution >= 0.6 is 0 Å². The molecule has 2 aliphatic rings. The number of pyridine rings is 1. The molecule has 1 atom stereocenters.